The number of aromatic nitrogens is 3. The number of hydrogen-bond acceptors (Lipinski definition) is 7. The maximum atomic E-state index is 13.2. The fourth-order valence-electron chi connectivity index (χ4n) is 4.50. The molecular formula is C25H27Cl2N7O. The van der Waals surface area contributed by atoms with E-state index < -0.39 is 0 Å². The lowest BCUT2D eigenvalue weighted by molar-refractivity contribution is 0.102. The van der Waals surface area contributed by atoms with Gasteiger partial charge < -0.3 is 20.9 Å². The number of carbonyl (C=O) groups is 1. The van der Waals surface area contributed by atoms with Gasteiger partial charge in [-0.1, -0.05) is 42.1 Å². The molecule has 3 aromatic rings. The molecule has 0 atom stereocenters. The van der Waals surface area contributed by atoms with Gasteiger partial charge in [0, 0.05) is 50.3 Å². The lowest BCUT2D eigenvalue weighted by atomic mass is 10.2. The molecule has 8 nitrogen and oxygen atoms in total. The Morgan fingerprint density at radius 2 is 1.89 bits per heavy atom. The number of piperazine rings is 1. The van der Waals surface area contributed by atoms with Crippen LogP contribution in [0.25, 0.3) is 11.5 Å². The molecule has 10 heteroatoms. The summed E-state index contributed by atoms with van der Waals surface area (Å²) >= 11 is 12.4. The summed E-state index contributed by atoms with van der Waals surface area (Å²) in [6.07, 6.45) is 7.72. The van der Waals surface area contributed by atoms with E-state index in [0.717, 1.165) is 57.5 Å². The van der Waals surface area contributed by atoms with Crippen LogP contribution in [-0.4, -0.2) is 53.1 Å². The van der Waals surface area contributed by atoms with Crippen molar-refractivity contribution >= 4 is 46.3 Å². The van der Waals surface area contributed by atoms with Gasteiger partial charge in [0.1, 0.15) is 17.1 Å². The van der Waals surface area contributed by atoms with Crippen molar-refractivity contribution in [3.05, 3.63) is 58.3 Å². The third-order valence-corrected chi connectivity index (χ3v) is 7.20. The Balaban J connectivity index is 1.45. The molecule has 5 rings (SSSR count). The van der Waals surface area contributed by atoms with Crippen molar-refractivity contribution in [3.8, 4) is 11.5 Å². The van der Waals surface area contributed by atoms with Crippen molar-refractivity contribution in [2.75, 3.05) is 41.7 Å². The third-order valence-electron chi connectivity index (χ3n) is 6.38. The summed E-state index contributed by atoms with van der Waals surface area (Å²) in [6, 6.07) is 9.38. The Morgan fingerprint density at radius 1 is 1.09 bits per heavy atom. The van der Waals surface area contributed by atoms with E-state index in [1.54, 1.807) is 30.6 Å². The fourth-order valence-corrected chi connectivity index (χ4v) is 4.84. The zero-order chi connectivity index (χ0) is 24.2. The largest absolute Gasteiger partial charge is 0.369 e. The molecule has 1 saturated carbocycles. The molecule has 1 aliphatic heterocycles. The summed E-state index contributed by atoms with van der Waals surface area (Å²) in [5.41, 5.74) is 2.53. The molecule has 0 unspecified atom stereocenters. The lowest BCUT2D eigenvalue weighted by Crippen LogP contribution is -2.43. The molecule has 3 heterocycles. The molecule has 182 valence electrons. The van der Waals surface area contributed by atoms with Gasteiger partial charge in [0.15, 0.2) is 5.82 Å². The number of amides is 1. The van der Waals surface area contributed by atoms with Crippen LogP contribution >= 0.6 is 23.2 Å². The van der Waals surface area contributed by atoms with Crippen LogP contribution in [0.4, 0.5) is 17.2 Å². The highest BCUT2D eigenvalue weighted by Crippen LogP contribution is 2.31. The zero-order valence-corrected chi connectivity index (χ0v) is 20.7. The summed E-state index contributed by atoms with van der Waals surface area (Å²) in [7, 11) is 0. The first-order valence-corrected chi connectivity index (χ1v) is 12.6. The monoisotopic (exact) mass is 511 g/mol. The van der Waals surface area contributed by atoms with E-state index >= 15 is 0 Å². The van der Waals surface area contributed by atoms with E-state index in [1.807, 2.05) is 12.1 Å². The van der Waals surface area contributed by atoms with Crippen molar-refractivity contribution < 1.29 is 4.79 Å². The van der Waals surface area contributed by atoms with Crippen LogP contribution in [0, 0.1) is 0 Å². The Hall–Kier alpha value is -2.94. The van der Waals surface area contributed by atoms with Crippen LogP contribution in [-0.2, 0) is 0 Å². The second-order valence-corrected chi connectivity index (χ2v) is 9.56. The van der Waals surface area contributed by atoms with Crippen LogP contribution in [0.1, 0.15) is 36.0 Å². The number of nitrogens with zero attached hydrogens (tertiary/aromatic N) is 4. The standard InChI is InChI=1S/C25H27Cl2N7O/c26-19-6-3-7-20(22(19)27)32-25(35)18-15-30-24(33-23(18)31-16-4-1-2-5-16)21-14-17(8-9-29-21)34-12-10-28-11-13-34/h3,6-9,14-16,28H,1-2,4-5,10-13H2,(H,32,35)(H,30,31,33). The summed E-state index contributed by atoms with van der Waals surface area (Å²) in [4.78, 5) is 29.3. The number of rotatable bonds is 6. The van der Waals surface area contributed by atoms with E-state index in [1.165, 1.54) is 0 Å². The first-order valence-electron chi connectivity index (χ1n) is 11.9. The molecule has 2 aliphatic rings. The Morgan fingerprint density at radius 3 is 2.69 bits per heavy atom. The van der Waals surface area contributed by atoms with E-state index in [9.17, 15) is 4.79 Å². The number of halogens is 2. The SMILES string of the molecule is O=C(Nc1cccc(Cl)c1Cl)c1cnc(-c2cc(N3CCNCC3)ccn2)nc1NC1CCCC1. The van der Waals surface area contributed by atoms with Crippen LogP contribution in [0.3, 0.4) is 0 Å². The van der Waals surface area contributed by atoms with Crippen molar-refractivity contribution in [1.29, 1.82) is 0 Å². The molecule has 1 aromatic carbocycles. The number of nitrogens with one attached hydrogen (secondary N) is 3. The molecule has 3 N–H and O–H groups in total. The normalized spacial score (nSPS) is 16.3. The molecule has 0 radical (unpaired) electrons. The first kappa shape index (κ1) is 23.8. The molecule has 0 bridgehead atoms. The average molecular weight is 512 g/mol. The minimum atomic E-state index is -0.358. The van der Waals surface area contributed by atoms with Gasteiger partial charge in [-0.2, -0.15) is 0 Å². The summed E-state index contributed by atoms with van der Waals surface area (Å²) in [6.45, 7) is 3.77. The Labute approximate surface area is 214 Å². The summed E-state index contributed by atoms with van der Waals surface area (Å²) < 4.78 is 0. The van der Waals surface area contributed by atoms with Gasteiger partial charge in [0.2, 0.25) is 0 Å². The van der Waals surface area contributed by atoms with E-state index in [4.69, 9.17) is 28.2 Å². The Bertz CT molecular complexity index is 1210. The van der Waals surface area contributed by atoms with Gasteiger partial charge in [-0.15, -0.1) is 0 Å². The molecule has 1 aliphatic carbocycles. The van der Waals surface area contributed by atoms with Gasteiger partial charge in [-0.25, -0.2) is 9.97 Å². The molecule has 2 aromatic heterocycles. The van der Waals surface area contributed by atoms with Gasteiger partial charge in [-0.3, -0.25) is 9.78 Å². The van der Waals surface area contributed by atoms with Gasteiger partial charge in [-0.05, 0) is 37.1 Å². The number of carbonyl (C=O) groups excluding carboxylic acids is 1. The maximum Gasteiger partial charge on any atom is 0.261 e. The van der Waals surface area contributed by atoms with Crippen LogP contribution in [0.15, 0.2) is 42.7 Å². The van der Waals surface area contributed by atoms with Crippen molar-refractivity contribution in [3.63, 3.8) is 0 Å². The highest BCUT2D eigenvalue weighted by Gasteiger charge is 2.22. The second kappa shape index (κ2) is 10.8. The van der Waals surface area contributed by atoms with Gasteiger partial charge >= 0.3 is 0 Å². The molecular weight excluding hydrogens is 485 g/mol. The van der Waals surface area contributed by atoms with Crippen molar-refractivity contribution in [1.82, 2.24) is 20.3 Å². The van der Waals surface area contributed by atoms with Crippen LogP contribution in [0.2, 0.25) is 10.0 Å². The molecule has 35 heavy (non-hydrogen) atoms. The minimum absolute atomic E-state index is 0.263. The molecule has 2 fully saturated rings. The van der Waals surface area contributed by atoms with Crippen molar-refractivity contribution in [2.45, 2.75) is 31.7 Å². The quantitative estimate of drug-likeness (QED) is 0.434. The smallest absolute Gasteiger partial charge is 0.261 e. The topological polar surface area (TPSA) is 95.1 Å². The molecule has 1 saturated heterocycles. The zero-order valence-electron chi connectivity index (χ0n) is 19.2. The van der Waals surface area contributed by atoms with Gasteiger partial charge in [0.05, 0.1) is 15.7 Å². The minimum Gasteiger partial charge on any atom is -0.369 e. The predicted octanol–water partition coefficient (Wildman–Crippen LogP) is 4.86. The number of anilines is 3. The number of pyridine rings is 1. The van der Waals surface area contributed by atoms with Crippen LogP contribution in [0.5, 0.6) is 0 Å². The third kappa shape index (κ3) is 5.50. The summed E-state index contributed by atoms with van der Waals surface area (Å²) in [5, 5.41) is 10.3. The predicted molar refractivity (Wildman–Crippen MR) is 141 cm³/mol. The summed E-state index contributed by atoms with van der Waals surface area (Å²) in [5.74, 6) is 0.607. The highest BCUT2D eigenvalue weighted by molar-refractivity contribution is 6.44. The van der Waals surface area contributed by atoms with Crippen molar-refractivity contribution in [2.24, 2.45) is 0 Å². The van der Waals surface area contributed by atoms with E-state index in [2.05, 4.69) is 30.8 Å². The average Bonchev–Trinajstić information content (AvgIpc) is 3.40. The Kier molecular flexibility index (Phi) is 7.32. The number of benzene rings is 1. The van der Waals surface area contributed by atoms with Gasteiger partial charge in [0.25, 0.3) is 5.91 Å². The fraction of sp³-hybridized carbons (Fsp3) is 0.360. The van der Waals surface area contributed by atoms with E-state index in [0.29, 0.717) is 38.6 Å². The maximum absolute atomic E-state index is 13.2. The van der Waals surface area contributed by atoms with Crippen LogP contribution < -0.4 is 20.9 Å². The first-order chi connectivity index (χ1) is 17.1. The molecule has 0 spiro atoms. The number of hydrogen-bond donors (Lipinski definition) is 3. The second-order valence-electron chi connectivity index (χ2n) is 8.77. The molecule has 1 amide bonds. The highest BCUT2D eigenvalue weighted by atomic mass is 35.5. The van der Waals surface area contributed by atoms with E-state index in [-0.39, 0.29) is 11.9 Å². The lowest BCUT2D eigenvalue weighted by Gasteiger charge is -2.29.